The number of halogens is 3. The number of anilines is 1. The summed E-state index contributed by atoms with van der Waals surface area (Å²) in [7, 11) is 0. The van der Waals surface area contributed by atoms with Gasteiger partial charge in [0.25, 0.3) is 0 Å². The lowest BCUT2D eigenvalue weighted by molar-refractivity contribution is 0.177. The lowest BCUT2D eigenvalue weighted by Gasteiger charge is -2.35. The molecule has 2 nitrogen and oxygen atoms in total. The van der Waals surface area contributed by atoms with Gasteiger partial charge < -0.3 is 10.2 Å². The Bertz CT molecular complexity index is 420. The van der Waals surface area contributed by atoms with Crippen molar-refractivity contribution in [3.05, 3.63) is 28.0 Å². The lowest BCUT2D eigenvalue weighted by atomic mass is 10.0. The van der Waals surface area contributed by atoms with E-state index in [1.54, 1.807) is 12.1 Å². The van der Waals surface area contributed by atoms with Gasteiger partial charge in [-0.05, 0) is 38.8 Å². The molecule has 1 aliphatic heterocycles. The Morgan fingerprint density at radius 3 is 2.21 bits per heavy atom. The van der Waals surface area contributed by atoms with Crippen LogP contribution in [0.1, 0.15) is 26.7 Å². The molecule has 2 rings (SSSR count). The number of hydrogen-bond acceptors (Lipinski definition) is 2. The van der Waals surface area contributed by atoms with Crippen LogP contribution in [0.3, 0.4) is 0 Å². The Labute approximate surface area is 123 Å². The number of hydrogen-bond donors (Lipinski definition) is 1. The zero-order valence-electron chi connectivity index (χ0n) is 11.2. The largest absolute Gasteiger partial charge is 0.382 e. The molecule has 1 aliphatic rings. The number of rotatable bonds is 3. The maximum atomic E-state index is 13.3. The topological polar surface area (TPSA) is 15.3 Å². The number of nitrogens with one attached hydrogen (secondary N) is 1. The molecular formula is C14H19Cl2FN2. The summed E-state index contributed by atoms with van der Waals surface area (Å²) in [6.07, 6.45) is 2.15. The average Bonchev–Trinajstić information content (AvgIpc) is 2.36. The molecule has 19 heavy (non-hydrogen) atoms. The van der Waals surface area contributed by atoms with Crippen molar-refractivity contribution in [2.24, 2.45) is 0 Å². The standard InChI is InChI=1S/C14H19Cl2FN2/c1-9(2)19-5-3-10(4-6-19)18-11-7-12(15)14(17)13(16)8-11/h7-10,18H,3-6H2,1-2H3. The van der Waals surface area contributed by atoms with Gasteiger partial charge in [0, 0.05) is 30.9 Å². The number of benzene rings is 1. The smallest absolute Gasteiger partial charge is 0.160 e. The first-order valence-electron chi connectivity index (χ1n) is 6.62. The third-order valence-electron chi connectivity index (χ3n) is 3.61. The average molecular weight is 305 g/mol. The first-order chi connectivity index (χ1) is 8.97. The summed E-state index contributed by atoms with van der Waals surface area (Å²) >= 11 is 11.6. The third-order valence-corrected chi connectivity index (χ3v) is 4.16. The molecule has 1 aromatic rings. The van der Waals surface area contributed by atoms with Gasteiger partial charge in [0.05, 0.1) is 10.0 Å². The summed E-state index contributed by atoms with van der Waals surface area (Å²) in [4.78, 5) is 2.46. The van der Waals surface area contributed by atoms with E-state index in [0.29, 0.717) is 12.1 Å². The van der Waals surface area contributed by atoms with Gasteiger partial charge in [-0.1, -0.05) is 23.2 Å². The Balaban J connectivity index is 1.96. The molecule has 0 amide bonds. The van der Waals surface area contributed by atoms with Crippen molar-refractivity contribution in [1.82, 2.24) is 4.90 Å². The van der Waals surface area contributed by atoms with Crippen LogP contribution in [0, 0.1) is 5.82 Å². The highest BCUT2D eigenvalue weighted by Crippen LogP contribution is 2.28. The Hall–Kier alpha value is -0.510. The molecule has 0 aromatic heterocycles. The van der Waals surface area contributed by atoms with Gasteiger partial charge >= 0.3 is 0 Å². The first kappa shape index (κ1) is 14.9. The summed E-state index contributed by atoms with van der Waals surface area (Å²) in [6.45, 7) is 6.59. The van der Waals surface area contributed by atoms with E-state index < -0.39 is 5.82 Å². The van der Waals surface area contributed by atoms with Crippen molar-refractivity contribution in [1.29, 1.82) is 0 Å². The summed E-state index contributed by atoms with van der Waals surface area (Å²) in [5.74, 6) is -0.552. The van der Waals surface area contributed by atoms with Crippen molar-refractivity contribution in [3.8, 4) is 0 Å². The minimum absolute atomic E-state index is 0.0645. The molecule has 0 radical (unpaired) electrons. The molecule has 1 fully saturated rings. The summed E-state index contributed by atoms with van der Waals surface area (Å²) in [5, 5.41) is 3.52. The number of likely N-dealkylation sites (tertiary alicyclic amines) is 1. The van der Waals surface area contributed by atoms with Gasteiger partial charge in [-0.25, -0.2) is 4.39 Å². The van der Waals surface area contributed by atoms with Gasteiger partial charge in [-0.2, -0.15) is 0 Å². The van der Waals surface area contributed by atoms with Crippen molar-refractivity contribution in [2.75, 3.05) is 18.4 Å². The summed E-state index contributed by atoms with van der Waals surface area (Å²) < 4.78 is 13.3. The molecule has 1 saturated heterocycles. The third kappa shape index (κ3) is 3.74. The Morgan fingerprint density at radius 2 is 1.74 bits per heavy atom. The van der Waals surface area contributed by atoms with Crippen molar-refractivity contribution >= 4 is 28.9 Å². The number of nitrogens with zero attached hydrogens (tertiary/aromatic N) is 1. The molecule has 1 aromatic carbocycles. The van der Waals surface area contributed by atoms with Gasteiger partial charge in [-0.15, -0.1) is 0 Å². The highest BCUT2D eigenvalue weighted by atomic mass is 35.5. The number of piperidine rings is 1. The van der Waals surface area contributed by atoms with Gasteiger partial charge in [0.15, 0.2) is 5.82 Å². The van der Waals surface area contributed by atoms with Crippen LogP contribution in [0.5, 0.6) is 0 Å². The van der Waals surface area contributed by atoms with E-state index in [-0.39, 0.29) is 10.0 Å². The van der Waals surface area contributed by atoms with Crippen LogP contribution in [0.2, 0.25) is 10.0 Å². The van der Waals surface area contributed by atoms with Gasteiger partial charge in [-0.3, -0.25) is 0 Å². The van der Waals surface area contributed by atoms with Crippen LogP contribution in [-0.4, -0.2) is 30.1 Å². The molecule has 1 heterocycles. The fourth-order valence-electron chi connectivity index (χ4n) is 2.43. The van der Waals surface area contributed by atoms with Gasteiger partial charge in [0.2, 0.25) is 0 Å². The van der Waals surface area contributed by atoms with E-state index in [1.807, 2.05) is 0 Å². The summed E-state index contributed by atoms with van der Waals surface area (Å²) in [6, 6.07) is 4.18. The van der Waals surface area contributed by atoms with Crippen LogP contribution in [0.25, 0.3) is 0 Å². The SMILES string of the molecule is CC(C)N1CCC(Nc2cc(Cl)c(F)c(Cl)c2)CC1. The van der Waals surface area contributed by atoms with Crippen LogP contribution < -0.4 is 5.32 Å². The van der Waals surface area contributed by atoms with E-state index in [2.05, 4.69) is 24.1 Å². The zero-order valence-corrected chi connectivity index (χ0v) is 12.7. The van der Waals surface area contributed by atoms with E-state index >= 15 is 0 Å². The van der Waals surface area contributed by atoms with Gasteiger partial charge in [0.1, 0.15) is 0 Å². The minimum Gasteiger partial charge on any atom is -0.382 e. The second-order valence-corrected chi connectivity index (χ2v) is 6.12. The monoisotopic (exact) mass is 304 g/mol. The van der Waals surface area contributed by atoms with E-state index in [4.69, 9.17) is 23.2 Å². The molecule has 0 bridgehead atoms. The van der Waals surface area contributed by atoms with Crippen LogP contribution in [-0.2, 0) is 0 Å². The molecule has 0 atom stereocenters. The predicted octanol–water partition coefficient (Wildman–Crippen LogP) is 4.42. The van der Waals surface area contributed by atoms with Crippen LogP contribution in [0.15, 0.2) is 12.1 Å². The Morgan fingerprint density at radius 1 is 1.21 bits per heavy atom. The Kier molecular flexibility index (Phi) is 4.93. The maximum absolute atomic E-state index is 13.3. The van der Waals surface area contributed by atoms with E-state index in [9.17, 15) is 4.39 Å². The molecule has 5 heteroatoms. The zero-order chi connectivity index (χ0) is 14.0. The predicted molar refractivity (Wildman–Crippen MR) is 79.8 cm³/mol. The van der Waals surface area contributed by atoms with E-state index in [1.165, 1.54) is 0 Å². The quantitative estimate of drug-likeness (QED) is 0.832. The fraction of sp³-hybridized carbons (Fsp3) is 0.571. The second-order valence-electron chi connectivity index (χ2n) is 5.30. The summed E-state index contributed by atoms with van der Waals surface area (Å²) in [5.41, 5.74) is 0.791. The normalized spacial score (nSPS) is 18.0. The highest BCUT2D eigenvalue weighted by molar-refractivity contribution is 6.35. The van der Waals surface area contributed by atoms with Crippen LogP contribution >= 0.6 is 23.2 Å². The minimum atomic E-state index is -0.552. The molecule has 0 unspecified atom stereocenters. The molecule has 106 valence electrons. The first-order valence-corrected chi connectivity index (χ1v) is 7.38. The highest BCUT2D eigenvalue weighted by Gasteiger charge is 2.21. The maximum Gasteiger partial charge on any atom is 0.160 e. The van der Waals surface area contributed by atoms with Crippen molar-refractivity contribution in [2.45, 2.75) is 38.8 Å². The fourth-order valence-corrected chi connectivity index (χ4v) is 2.92. The van der Waals surface area contributed by atoms with Crippen molar-refractivity contribution in [3.63, 3.8) is 0 Å². The molecule has 0 saturated carbocycles. The van der Waals surface area contributed by atoms with E-state index in [0.717, 1.165) is 31.6 Å². The molecule has 0 spiro atoms. The molecular weight excluding hydrogens is 286 g/mol. The molecule has 1 N–H and O–H groups in total. The van der Waals surface area contributed by atoms with Crippen LogP contribution in [0.4, 0.5) is 10.1 Å². The molecule has 0 aliphatic carbocycles. The lowest BCUT2D eigenvalue weighted by Crippen LogP contribution is -2.42. The van der Waals surface area contributed by atoms with Crippen molar-refractivity contribution < 1.29 is 4.39 Å². The second kappa shape index (κ2) is 6.29.